The van der Waals surface area contributed by atoms with E-state index in [0.29, 0.717) is 56.0 Å². The number of rotatable bonds is 8. The van der Waals surface area contributed by atoms with Gasteiger partial charge >= 0.3 is 0 Å². The summed E-state index contributed by atoms with van der Waals surface area (Å²) in [6.07, 6.45) is 2.82. The second kappa shape index (κ2) is 10.9. The van der Waals surface area contributed by atoms with Gasteiger partial charge in [-0.3, -0.25) is 14.9 Å². The monoisotopic (exact) mass is 497 g/mol. The van der Waals surface area contributed by atoms with Crippen LogP contribution >= 0.6 is 0 Å². The van der Waals surface area contributed by atoms with Gasteiger partial charge in [0.15, 0.2) is 11.5 Å². The molecule has 2 heterocycles. The van der Waals surface area contributed by atoms with E-state index < -0.39 is 11.5 Å². The van der Waals surface area contributed by atoms with Crippen LogP contribution in [0.5, 0.6) is 11.5 Å². The second-order valence-electron chi connectivity index (χ2n) is 9.77. The maximum absolute atomic E-state index is 13.7. The SMILES string of the molecule is CCC(C)C1NC2(CCN(C(=O)c3cccc(F)c3)CC2)N(CCc2ccc(OC)c(OC)c2)C1=O. The van der Waals surface area contributed by atoms with Gasteiger partial charge in [0.05, 0.1) is 25.9 Å². The number of carbonyl (C=O) groups is 2. The van der Waals surface area contributed by atoms with Crippen molar-refractivity contribution in [2.24, 2.45) is 5.92 Å². The van der Waals surface area contributed by atoms with E-state index in [1.165, 1.54) is 12.1 Å². The van der Waals surface area contributed by atoms with E-state index in [4.69, 9.17) is 9.47 Å². The van der Waals surface area contributed by atoms with E-state index >= 15 is 0 Å². The first-order chi connectivity index (χ1) is 17.3. The maximum atomic E-state index is 13.7. The Labute approximate surface area is 212 Å². The minimum atomic E-state index is -0.500. The van der Waals surface area contributed by atoms with Gasteiger partial charge in [-0.05, 0) is 48.2 Å². The lowest BCUT2D eigenvalue weighted by atomic mass is 9.94. The lowest BCUT2D eigenvalue weighted by Crippen LogP contribution is -2.60. The molecule has 2 unspecified atom stereocenters. The quantitative estimate of drug-likeness (QED) is 0.600. The number of ether oxygens (including phenoxy) is 2. The summed E-state index contributed by atoms with van der Waals surface area (Å²) < 4.78 is 24.4. The van der Waals surface area contributed by atoms with Crippen LogP contribution in [-0.4, -0.2) is 67.2 Å². The number of carbonyl (C=O) groups excluding carboxylic acids is 2. The van der Waals surface area contributed by atoms with Crippen molar-refractivity contribution in [1.82, 2.24) is 15.1 Å². The Morgan fingerprint density at radius 1 is 1.14 bits per heavy atom. The molecule has 2 amide bonds. The van der Waals surface area contributed by atoms with Crippen molar-refractivity contribution in [2.75, 3.05) is 33.9 Å². The minimum absolute atomic E-state index is 0.120. The molecule has 0 aromatic heterocycles. The minimum Gasteiger partial charge on any atom is -0.493 e. The Balaban J connectivity index is 1.51. The molecule has 7 nitrogen and oxygen atoms in total. The van der Waals surface area contributed by atoms with Crippen molar-refractivity contribution in [3.63, 3.8) is 0 Å². The summed E-state index contributed by atoms with van der Waals surface area (Å²) >= 11 is 0. The van der Waals surface area contributed by atoms with E-state index in [-0.39, 0.29) is 23.8 Å². The Morgan fingerprint density at radius 2 is 1.86 bits per heavy atom. The number of hydrogen-bond donors (Lipinski definition) is 1. The van der Waals surface area contributed by atoms with Crippen LogP contribution in [0.25, 0.3) is 0 Å². The highest BCUT2D eigenvalue weighted by molar-refractivity contribution is 5.94. The lowest BCUT2D eigenvalue weighted by Gasteiger charge is -2.45. The molecule has 194 valence electrons. The van der Waals surface area contributed by atoms with E-state index in [2.05, 4.69) is 19.2 Å². The summed E-state index contributed by atoms with van der Waals surface area (Å²) in [7, 11) is 3.22. The molecule has 2 fully saturated rings. The first kappa shape index (κ1) is 25.9. The van der Waals surface area contributed by atoms with Crippen molar-refractivity contribution in [3.8, 4) is 11.5 Å². The predicted octanol–water partition coefficient (Wildman–Crippen LogP) is 3.86. The van der Waals surface area contributed by atoms with Crippen LogP contribution in [-0.2, 0) is 11.2 Å². The summed E-state index contributed by atoms with van der Waals surface area (Å²) in [4.78, 5) is 30.3. The Kier molecular flexibility index (Phi) is 7.83. The van der Waals surface area contributed by atoms with E-state index in [0.717, 1.165) is 12.0 Å². The Bertz CT molecular complexity index is 1100. The second-order valence-corrected chi connectivity index (χ2v) is 9.77. The molecule has 0 bridgehead atoms. The molecule has 0 radical (unpaired) electrons. The molecule has 2 atom stereocenters. The topological polar surface area (TPSA) is 71.1 Å². The largest absolute Gasteiger partial charge is 0.493 e. The molecule has 2 aromatic rings. The smallest absolute Gasteiger partial charge is 0.253 e. The highest BCUT2D eigenvalue weighted by Gasteiger charge is 2.52. The normalized spacial score (nSPS) is 20.0. The fourth-order valence-electron chi connectivity index (χ4n) is 5.33. The molecule has 36 heavy (non-hydrogen) atoms. The average molecular weight is 498 g/mol. The van der Waals surface area contributed by atoms with E-state index in [1.807, 2.05) is 23.1 Å². The predicted molar refractivity (Wildman–Crippen MR) is 136 cm³/mol. The van der Waals surface area contributed by atoms with E-state index in [1.54, 1.807) is 31.3 Å². The molecular formula is C28H36FN3O4. The first-order valence-corrected chi connectivity index (χ1v) is 12.7. The molecule has 4 rings (SSSR count). The van der Waals surface area contributed by atoms with Gasteiger partial charge in [-0.25, -0.2) is 4.39 Å². The lowest BCUT2D eigenvalue weighted by molar-refractivity contribution is -0.133. The highest BCUT2D eigenvalue weighted by Crippen LogP contribution is 2.36. The number of likely N-dealkylation sites (tertiary alicyclic amines) is 1. The number of nitrogens with one attached hydrogen (secondary N) is 1. The summed E-state index contributed by atoms with van der Waals surface area (Å²) in [5.74, 6) is 1.06. The summed E-state index contributed by atoms with van der Waals surface area (Å²) in [5, 5.41) is 3.68. The molecule has 0 saturated carbocycles. The number of amides is 2. The van der Waals surface area contributed by atoms with Crippen molar-refractivity contribution >= 4 is 11.8 Å². The molecule has 1 spiro atoms. The zero-order valence-corrected chi connectivity index (χ0v) is 21.6. The third-order valence-corrected chi connectivity index (χ3v) is 7.71. The number of halogens is 1. The number of methoxy groups -OCH3 is 2. The van der Waals surface area contributed by atoms with Crippen LogP contribution in [0.1, 0.15) is 49.0 Å². The van der Waals surface area contributed by atoms with Crippen molar-refractivity contribution in [2.45, 2.75) is 51.2 Å². The third kappa shape index (κ3) is 5.05. The van der Waals surface area contributed by atoms with Crippen molar-refractivity contribution in [1.29, 1.82) is 0 Å². The molecule has 2 aromatic carbocycles. The number of hydrogen-bond acceptors (Lipinski definition) is 5. The van der Waals surface area contributed by atoms with Crippen LogP contribution in [0.15, 0.2) is 42.5 Å². The van der Waals surface area contributed by atoms with Gasteiger partial charge in [-0.1, -0.05) is 32.4 Å². The van der Waals surface area contributed by atoms with Gasteiger partial charge in [0, 0.05) is 38.0 Å². The van der Waals surface area contributed by atoms with Gasteiger partial charge in [0.1, 0.15) is 5.82 Å². The number of nitrogens with zero attached hydrogens (tertiary/aromatic N) is 2. The zero-order chi connectivity index (χ0) is 25.9. The summed E-state index contributed by atoms with van der Waals surface area (Å²) in [6.45, 7) is 5.75. The van der Waals surface area contributed by atoms with Crippen molar-refractivity contribution < 1.29 is 23.5 Å². The molecule has 8 heteroatoms. The molecular weight excluding hydrogens is 461 g/mol. The van der Waals surface area contributed by atoms with Gasteiger partial charge in [-0.2, -0.15) is 0 Å². The highest BCUT2D eigenvalue weighted by atomic mass is 19.1. The first-order valence-electron chi connectivity index (χ1n) is 12.7. The molecule has 2 saturated heterocycles. The van der Waals surface area contributed by atoms with Gasteiger partial charge in [0.25, 0.3) is 5.91 Å². The molecule has 2 aliphatic heterocycles. The van der Waals surface area contributed by atoms with Gasteiger partial charge in [-0.15, -0.1) is 0 Å². The molecule has 0 aliphatic carbocycles. The van der Waals surface area contributed by atoms with Crippen LogP contribution in [0.3, 0.4) is 0 Å². The maximum Gasteiger partial charge on any atom is 0.253 e. The number of piperidine rings is 1. The van der Waals surface area contributed by atoms with Crippen LogP contribution < -0.4 is 14.8 Å². The average Bonchev–Trinajstić information content (AvgIpc) is 3.17. The summed E-state index contributed by atoms with van der Waals surface area (Å²) in [6, 6.07) is 11.4. The Morgan fingerprint density at radius 3 is 2.50 bits per heavy atom. The Hall–Kier alpha value is -3.13. The van der Waals surface area contributed by atoms with Gasteiger partial charge < -0.3 is 19.3 Å². The zero-order valence-electron chi connectivity index (χ0n) is 21.6. The van der Waals surface area contributed by atoms with Crippen molar-refractivity contribution in [3.05, 3.63) is 59.4 Å². The van der Waals surface area contributed by atoms with E-state index in [9.17, 15) is 14.0 Å². The standard InChI is InChI=1S/C28H36FN3O4/c1-5-19(2)25-27(34)32(14-11-20-9-10-23(35-3)24(17-20)36-4)28(30-25)12-15-31(16-13-28)26(33)21-7-6-8-22(29)18-21/h6-10,17-19,25,30H,5,11-16H2,1-4H3. The van der Waals surface area contributed by atoms with Crippen LogP contribution in [0, 0.1) is 11.7 Å². The van der Waals surface area contributed by atoms with Gasteiger partial charge in [0.2, 0.25) is 5.91 Å². The number of benzene rings is 2. The molecule has 1 N–H and O–H groups in total. The van der Waals surface area contributed by atoms with Crippen LogP contribution in [0.2, 0.25) is 0 Å². The molecule has 2 aliphatic rings. The summed E-state index contributed by atoms with van der Waals surface area (Å²) in [5.41, 5.74) is 0.908. The fourth-order valence-corrected chi connectivity index (χ4v) is 5.33. The third-order valence-electron chi connectivity index (χ3n) is 7.71. The fraction of sp³-hybridized carbons (Fsp3) is 0.500. The van der Waals surface area contributed by atoms with Crippen LogP contribution in [0.4, 0.5) is 4.39 Å².